The van der Waals surface area contributed by atoms with Crippen LogP contribution in [0.4, 0.5) is 5.13 Å². The number of aromatic nitrogens is 4. The maximum absolute atomic E-state index is 12.5. The lowest BCUT2D eigenvalue weighted by molar-refractivity contribution is 0.102. The van der Waals surface area contributed by atoms with E-state index in [0.29, 0.717) is 16.7 Å². The van der Waals surface area contributed by atoms with Gasteiger partial charge in [-0.1, -0.05) is 21.1 Å². The molecule has 0 atom stereocenters. The quantitative estimate of drug-likeness (QED) is 0.739. The van der Waals surface area contributed by atoms with Crippen molar-refractivity contribution in [3.8, 4) is 5.69 Å². The number of carbonyl (C=O) groups excluding carboxylic acids is 1. The van der Waals surface area contributed by atoms with Crippen molar-refractivity contribution in [3.05, 3.63) is 51.7 Å². The zero-order valence-corrected chi connectivity index (χ0v) is 14.3. The van der Waals surface area contributed by atoms with Crippen LogP contribution >= 0.6 is 27.3 Å². The van der Waals surface area contributed by atoms with E-state index >= 15 is 0 Å². The third-order valence-corrected chi connectivity index (χ3v) is 4.83. The summed E-state index contributed by atoms with van der Waals surface area (Å²) in [4.78, 5) is 16.6. The minimum absolute atomic E-state index is 0.259. The Bertz CT molecular complexity index is 839. The molecule has 4 rings (SSSR count). The van der Waals surface area contributed by atoms with Crippen LogP contribution in [0.25, 0.3) is 5.69 Å². The maximum Gasteiger partial charge on any atom is 0.279 e. The largest absolute Gasteiger partial charge is 0.296 e. The van der Waals surface area contributed by atoms with E-state index in [1.807, 2.05) is 29.6 Å². The van der Waals surface area contributed by atoms with E-state index in [1.54, 1.807) is 10.9 Å². The zero-order chi connectivity index (χ0) is 15.8. The normalized spacial score (nSPS) is 14.0. The predicted molar refractivity (Wildman–Crippen MR) is 91.1 cm³/mol. The van der Waals surface area contributed by atoms with Gasteiger partial charge in [0.25, 0.3) is 5.91 Å². The molecule has 0 spiro atoms. The van der Waals surface area contributed by atoms with Crippen LogP contribution < -0.4 is 5.32 Å². The Balaban J connectivity index is 1.70. The molecular formula is C15H12BrN5OS. The molecule has 0 bridgehead atoms. The van der Waals surface area contributed by atoms with Gasteiger partial charge in [0.2, 0.25) is 0 Å². The number of hydrogen-bond donors (Lipinski definition) is 1. The molecule has 3 aromatic rings. The van der Waals surface area contributed by atoms with Gasteiger partial charge >= 0.3 is 0 Å². The highest BCUT2D eigenvalue weighted by molar-refractivity contribution is 9.10. The van der Waals surface area contributed by atoms with Crippen molar-refractivity contribution in [2.75, 3.05) is 5.32 Å². The van der Waals surface area contributed by atoms with E-state index in [2.05, 4.69) is 36.5 Å². The molecule has 116 valence electrons. The van der Waals surface area contributed by atoms with Crippen LogP contribution in [0.3, 0.4) is 0 Å². The number of rotatable bonds is 4. The predicted octanol–water partition coefficient (Wildman–Crippen LogP) is 3.62. The van der Waals surface area contributed by atoms with E-state index in [0.717, 1.165) is 28.7 Å². The van der Waals surface area contributed by atoms with Crippen LogP contribution in [0.5, 0.6) is 0 Å². The number of nitrogens with zero attached hydrogens (tertiary/aromatic N) is 4. The molecular weight excluding hydrogens is 378 g/mol. The smallest absolute Gasteiger partial charge is 0.279 e. The van der Waals surface area contributed by atoms with Gasteiger partial charge in [-0.3, -0.25) is 10.1 Å². The SMILES string of the molecule is O=C(Nc1nccs1)c1nnn(-c2ccc(Br)cc2)c1C1CC1. The van der Waals surface area contributed by atoms with E-state index in [4.69, 9.17) is 0 Å². The molecule has 23 heavy (non-hydrogen) atoms. The molecule has 1 saturated carbocycles. The number of nitrogens with one attached hydrogen (secondary N) is 1. The third-order valence-electron chi connectivity index (χ3n) is 3.61. The van der Waals surface area contributed by atoms with Crippen LogP contribution in [0, 0.1) is 0 Å². The summed E-state index contributed by atoms with van der Waals surface area (Å²) in [6, 6.07) is 7.80. The molecule has 1 amide bonds. The average molecular weight is 390 g/mol. The molecule has 1 N–H and O–H groups in total. The molecule has 2 aromatic heterocycles. The molecule has 1 aliphatic rings. The summed E-state index contributed by atoms with van der Waals surface area (Å²) in [5, 5.41) is 13.5. The van der Waals surface area contributed by atoms with Gasteiger partial charge < -0.3 is 0 Å². The monoisotopic (exact) mass is 389 g/mol. The van der Waals surface area contributed by atoms with Crippen molar-refractivity contribution in [2.45, 2.75) is 18.8 Å². The lowest BCUT2D eigenvalue weighted by atomic mass is 10.2. The fraction of sp³-hybridized carbons (Fsp3) is 0.200. The van der Waals surface area contributed by atoms with Gasteiger partial charge in [-0.2, -0.15) is 0 Å². The summed E-state index contributed by atoms with van der Waals surface area (Å²) in [5.41, 5.74) is 2.16. The van der Waals surface area contributed by atoms with Crippen LogP contribution in [0.15, 0.2) is 40.3 Å². The summed E-state index contributed by atoms with van der Waals surface area (Å²) in [6.07, 6.45) is 3.77. The minimum Gasteiger partial charge on any atom is -0.296 e. The molecule has 1 fully saturated rings. The topological polar surface area (TPSA) is 72.7 Å². The lowest BCUT2D eigenvalue weighted by Crippen LogP contribution is -2.15. The van der Waals surface area contributed by atoms with E-state index in [1.165, 1.54) is 11.3 Å². The summed E-state index contributed by atoms with van der Waals surface area (Å²) in [6.45, 7) is 0. The van der Waals surface area contributed by atoms with Crippen LogP contribution in [0.1, 0.15) is 34.9 Å². The minimum atomic E-state index is -0.259. The van der Waals surface area contributed by atoms with Crippen LogP contribution in [-0.4, -0.2) is 25.9 Å². The second kappa shape index (κ2) is 5.86. The zero-order valence-electron chi connectivity index (χ0n) is 11.9. The molecule has 1 aromatic carbocycles. The summed E-state index contributed by atoms with van der Waals surface area (Å²) in [7, 11) is 0. The fourth-order valence-electron chi connectivity index (χ4n) is 2.39. The first-order valence-corrected chi connectivity index (χ1v) is 8.82. The molecule has 6 nitrogen and oxygen atoms in total. The number of halogens is 1. The van der Waals surface area contributed by atoms with Gasteiger partial charge in [-0.15, -0.1) is 16.4 Å². The molecule has 1 aliphatic carbocycles. The van der Waals surface area contributed by atoms with Crippen LogP contribution in [0.2, 0.25) is 0 Å². The van der Waals surface area contributed by atoms with Crippen molar-refractivity contribution in [2.24, 2.45) is 0 Å². The molecule has 0 unspecified atom stereocenters. The van der Waals surface area contributed by atoms with Crippen molar-refractivity contribution < 1.29 is 4.79 Å². The van der Waals surface area contributed by atoms with Crippen molar-refractivity contribution >= 4 is 38.3 Å². The standard InChI is InChI=1S/C15H12BrN5OS/c16-10-3-5-11(6-4-10)21-13(9-1-2-9)12(19-20-21)14(22)18-15-17-7-8-23-15/h3-9H,1-2H2,(H,17,18,22). The summed E-state index contributed by atoms with van der Waals surface area (Å²) < 4.78 is 2.76. The van der Waals surface area contributed by atoms with E-state index < -0.39 is 0 Å². The molecule has 0 saturated heterocycles. The molecule has 2 heterocycles. The number of thiazole rings is 1. The van der Waals surface area contributed by atoms with Crippen molar-refractivity contribution in [1.29, 1.82) is 0 Å². The Morgan fingerprint density at radius 3 is 2.74 bits per heavy atom. The summed E-state index contributed by atoms with van der Waals surface area (Å²) in [5.74, 6) is 0.0795. The van der Waals surface area contributed by atoms with Crippen LogP contribution in [-0.2, 0) is 0 Å². The lowest BCUT2D eigenvalue weighted by Gasteiger charge is -2.07. The number of anilines is 1. The third kappa shape index (κ3) is 2.91. The Morgan fingerprint density at radius 1 is 1.30 bits per heavy atom. The molecule has 8 heteroatoms. The fourth-order valence-corrected chi connectivity index (χ4v) is 3.18. The maximum atomic E-state index is 12.5. The first-order valence-electron chi connectivity index (χ1n) is 7.15. The Morgan fingerprint density at radius 2 is 2.09 bits per heavy atom. The number of carbonyl (C=O) groups is 1. The molecule has 0 radical (unpaired) electrons. The van der Waals surface area contributed by atoms with Gasteiger partial charge in [0.15, 0.2) is 10.8 Å². The Labute approximate surface area is 144 Å². The number of hydrogen-bond acceptors (Lipinski definition) is 5. The Kier molecular flexibility index (Phi) is 3.70. The van der Waals surface area contributed by atoms with E-state index in [9.17, 15) is 4.79 Å². The summed E-state index contributed by atoms with van der Waals surface area (Å²) >= 11 is 4.80. The second-order valence-electron chi connectivity index (χ2n) is 5.28. The van der Waals surface area contributed by atoms with Gasteiger partial charge in [-0.25, -0.2) is 9.67 Å². The van der Waals surface area contributed by atoms with Gasteiger partial charge in [0.1, 0.15) is 0 Å². The van der Waals surface area contributed by atoms with Gasteiger partial charge in [-0.05, 0) is 37.1 Å². The van der Waals surface area contributed by atoms with Gasteiger partial charge in [0, 0.05) is 22.0 Å². The molecule has 0 aliphatic heterocycles. The van der Waals surface area contributed by atoms with Crippen molar-refractivity contribution in [1.82, 2.24) is 20.0 Å². The first kappa shape index (κ1) is 14.5. The van der Waals surface area contributed by atoms with E-state index in [-0.39, 0.29) is 5.91 Å². The number of benzene rings is 1. The number of amides is 1. The Hall–Kier alpha value is -2.06. The second-order valence-corrected chi connectivity index (χ2v) is 7.09. The highest BCUT2D eigenvalue weighted by Gasteiger charge is 2.34. The highest BCUT2D eigenvalue weighted by atomic mass is 79.9. The highest BCUT2D eigenvalue weighted by Crippen LogP contribution is 2.42. The average Bonchev–Trinajstić information content (AvgIpc) is 3.08. The van der Waals surface area contributed by atoms with Crippen molar-refractivity contribution in [3.63, 3.8) is 0 Å². The van der Waals surface area contributed by atoms with Gasteiger partial charge in [0.05, 0.1) is 11.4 Å². The first-order chi connectivity index (χ1) is 11.2.